The summed E-state index contributed by atoms with van der Waals surface area (Å²) in [5, 5.41) is 13.1. The minimum absolute atomic E-state index is 0.102. The third-order valence-corrected chi connectivity index (χ3v) is 6.89. The van der Waals surface area contributed by atoms with Gasteiger partial charge in [0.15, 0.2) is 0 Å². The van der Waals surface area contributed by atoms with Crippen LogP contribution in [0, 0.1) is 13.8 Å². The predicted octanol–water partition coefficient (Wildman–Crippen LogP) is 7.83. The molecule has 0 saturated heterocycles. The number of aryl methyl sites for hydroxylation is 2. The number of hydrogen-bond acceptors (Lipinski definition) is 4. The second-order valence-electron chi connectivity index (χ2n) is 9.74. The molecule has 0 bridgehead atoms. The van der Waals surface area contributed by atoms with E-state index in [0.717, 1.165) is 34.0 Å². The van der Waals surface area contributed by atoms with Gasteiger partial charge in [0, 0.05) is 41.8 Å². The van der Waals surface area contributed by atoms with Crippen LogP contribution in [-0.2, 0) is 19.1 Å². The van der Waals surface area contributed by atoms with E-state index in [1.807, 2.05) is 43.3 Å². The standard InChI is InChI=1S/C32H26F3N3O2/c1-19-12-28(20(2)11-26(19)31(39)40)37-16-22-14-23(17-36-15-22)29-24(13-21-7-4-3-5-8-21)18-38-30-25(29)9-6-10-27(30)32(33,34)35/h3-12,14-15,17-18,37H,13,16H2,1-2H3,(H,39,40). The molecule has 5 nitrogen and oxygen atoms in total. The van der Waals surface area contributed by atoms with E-state index in [9.17, 15) is 23.1 Å². The molecule has 8 heteroatoms. The molecule has 3 aromatic carbocycles. The lowest BCUT2D eigenvalue weighted by molar-refractivity contribution is -0.136. The topological polar surface area (TPSA) is 75.1 Å². The maximum atomic E-state index is 13.9. The smallest absolute Gasteiger partial charge is 0.418 e. The van der Waals surface area contributed by atoms with Crippen molar-refractivity contribution in [1.82, 2.24) is 9.97 Å². The summed E-state index contributed by atoms with van der Waals surface area (Å²) in [5.74, 6) is -0.978. The van der Waals surface area contributed by atoms with Crippen molar-refractivity contribution in [3.8, 4) is 11.1 Å². The number of carboxylic acids is 1. The Morgan fingerprint density at radius 3 is 2.40 bits per heavy atom. The number of nitrogens with one attached hydrogen (secondary N) is 1. The van der Waals surface area contributed by atoms with Crippen LogP contribution in [0.15, 0.2) is 85.3 Å². The highest BCUT2D eigenvalue weighted by atomic mass is 19.4. The predicted molar refractivity (Wildman–Crippen MR) is 149 cm³/mol. The molecule has 0 amide bonds. The average molecular weight is 542 g/mol. The Hall–Kier alpha value is -4.72. The molecule has 2 aromatic heterocycles. The van der Waals surface area contributed by atoms with Crippen LogP contribution in [0.5, 0.6) is 0 Å². The molecular weight excluding hydrogens is 515 g/mol. The summed E-state index contributed by atoms with van der Waals surface area (Å²) in [6.45, 7) is 3.97. The van der Waals surface area contributed by atoms with Gasteiger partial charge in [-0.3, -0.25) is 9.97 Å². The second-order valence-corrected chi connectivity index (χ2v) is 9.74. The van der Waals surface area contributed by atoms with Crippen molar-refractivity contribution in [3.63, 3.8) is 0 Å². The summed E-state index contributed by atoms with van der Waals surface area (Å²) in [5.41, 5.74) is 5.56. The summed E-state index contributed by atoms with van der Waals surface area (Å²) in [7, 11) is 0. The summed E-state index contributed by atoms with van der Waals surface area (Å²) in [6, 6.07) is 19.2. The zero-order valence-electron chi connectivity index (χ0n) is 21.9. The number of rotatable bonds is 7. The molecule has 2 heterocycles. The van der Waals surface area contributed by atoms with E-state index in [-0.39, 0.29) is 11.1 Å². The zero-order chi connectivity index (χ0) is 28.4. The Morgan fingerprint density at radius 2 is 1.68 bits per heavy atom. The average Bonchev–Trinajstić information content (AvgIpc) is 2.93. The highest BCUT2D eigenvalue weighted by Crippen LogP contribution is 2.39. The van der Waals surface area contributed by atoms with Crippen LogP contribution in [0.1, 0.15) is 43.7 Å². The third kappa shape index (κ3) is 5.52. The molecule has 5 aromatic rings. The maximum absolute atomic E-state index is 13.9. The molecule has 0 atom stereocenters. The molecule has 202 valence electrons. The van der Waals surface area contributed by atoms with Crippen LogP contribution in [0.4, 0.5) is 18.9 Å². The number of benzene rings is 3. The minimum Gasteiger partial charge on any atom is -0.478 e. The fourth-order valence-corrected chi connectivity index (χ4v) is 4.94. The van der Waals surface area contributed by atoms with Crippen molar-refractivity contribution in [2.24, 2.45) is 0 Å². The molecular formula is C32H26F3N3O2. The van der Waals surface area contributed by atoms with Gasteiger partial charge in [-0.05, 0) is 77.9 Å². The normalized spacial score (nSPS) is 11.5. The first-order valence-corrected chi connectivity index (χ1v) is 12.7. The van der Waals surface area contributed by atoms with Crippen LogP contribution in [0.25, 0.3) is 22.0 Å². The molecule has 0 unspecified atom stereocenters. The van der Waals surface area contributed by atoms with Crippen LogP contribution >= 0.6 is 0 Å². The second kappa shape index (κ2) is 10.8. The minimum atomic E-state index is -4.54. The Morgan fingerprint density at radius 1 is 0.900 bits per heavy atom. The highest BCUT2D eigenvalue weighted by Gasteiger charge is 2.33. The molecule has 2 N–H and O–H groups in total. The SMILES string of the molecule is Cc1cc(C(=O)O)c(C)cc1NCc1cncc(-c2c(Cc3ccccc3)cnc3c(C(F)(F)F)cccc23)c1. The molecule has 0 fully saturated rings. The molecule has 0 aliphatic heterocycles. The van der Waals surface area contributed by atoms with Crippen LogP contribution < -0.4 is 5.32 Å². The number of nitrogens with zero attached hydrogens (tertiary/aromatic N) is 2. The molecule has 0 saturated carbocycles. The van der Waals surface area contributed by atoms with E-state index >= 15 is 0 Å². The first kappa shape index (κ1) is 26.9. The molecule has 0 aliphatic carbocycles. The monoisotopic (exact) mass is 541 g/mol. The Bertz CT molecular complexity index is 1720. The zero-order valence-corrected chi connectivity index (χ0v) is 21.9. The van der Waals surface area contributed by atoms with Gasteiger partial charge in [-0.1, -0.05) is 42.5 Å². The Balaban J connectivity index is 1.57. The van der Waals surface area contributed by atoms with Crippen LogP contribution in [-0.4, -0.2) is 21.0 Å². The largest absolute Gasteiger partial charge is 0.478 e. The van der Waals surface area contributed by atoms with Crippen molar-refractivity contribution in [2.45, 2.75) is 33.0 Å². The number of carboxylic acid groups (broad SMARTS) is 1. The quantitative estimate of drug-likeness (QED) is 0.220. The van der Waals surface area contributed by atoms with E-state index in [4.69, 9.17) is 0 Å². The fourth-order valence-electron chi connectivity index (χ4n) is 4.94. The number of alkyl halides is 3. The first-order chi connectivity index (χ1) is 19.1. The van der Waals surface area contributed by atoms with Gasteiger partial charge in [0.25, 0.3) is 0 Å². The lowest BCUT2D eigenvalue weighted by Gasteiger charge is -2.17. The van der Waals surface area contributed by atoms with Gasteiger partial charge in [0.05, 0.1) is 16.6 Å². The van der Waals surface area contributed by atoms with E-state index < -0.39 is 17.7 Å². The Labute approximate surface area is 229 Å². The van der Waals surface area contributed by atoms with Crippen molar-refractivity contribution in [1.29, 1.82) is 0 Å². The van der Waals surface area contributed by atoms with E-state index in [0.29, 0.717) is 35.0 Å². The highest BCUT2D eigenvalue weighted by molar-refractivity contribution is 5.98. The van der Waals surface area contributed by atoms with E-state index in [2.05, 4.69) is 15.3 Å². The van der Waals surface area contributed by atoms with Gasteiger partial charge < -0.3 is 10.4 Å². The number of para-hydroxylation sites is 1. The van der Waals surface area contributed by atoms with Gasteiger partial charge in [-0.2, -0.15) is 13.2 Å². The van der Waals surface area contributed by atoms with E-state index in [1.54, 1.807) is 37.5 Å². The number of halogens is 3. The first-order valence-electron chi connectivity index (χ1n) is 12.7. The van der Waals surface area contributed by atoms with Crippen LogP contribution in [0.2, 0.25) is 0 Å². The fraction of sp³-hybridized carbons (Fsp3) is 0.156. The molecule has 0 aliphatic rings. The van der Waals surface area contributed by atoms with Gasteiger partial charge in [-0.15, -0.1) is 0 Å². The third-order valence-electron chi connectivity index (χ3n) is 6.89. The number of anilines is 1. The maximum Gasteiger partial charge on any atom is 0.418 e. The summed E-state index contributed by atoms with van der Waals surface area (Å²) in [6.07, 6.45) is 0.837. The number of pyridine rings is 2. The van der Waals surface area contributed by atoms with Crippen molar-refractivity contribution >= 4 is 22.6 Å². The van der Waals surface area contributed by atoms with Crippen molar-refractivity contribution < 1.29 is 23.1 Å². The van der Waals surface area contributed by atoms with Crippen molar-refractivity contribution in [3.05, 3.63) is 124 Å². The number of aromatic nitrogens is 2. The van der Waals surface area contributed by atoms with Gasteiger partial charge in [-0.25, -0.2) is 4.79 Å². The van der Waals surface area contributed by atoms with E-state index in [1.165, 1.54) is 12.3 Å². The van der Waals surface area contributed by atoms with Gasteiger partial charge in [0.2, 0.25) is 0 Å². The number of hydrogen-bond donors (Lipinski definition) is 2. The Kier molecular flexibility index (Phi) is 7.26. The number of aromatic carboxylic acids is 1. The lowest BCUT2D eigenvalue weighted by atomic mass is 9.92. The molecule has 40 heavy (non-hydrogen) atoms. The molecule has 0 radical (unpaired) electrons. The number of fused-ring (bicyclic) bond motifs is 1. The molecule has 0 spiro atoms. The summed E-state index contributed by atoms with van der Waals surface area (Å²) < 4.78 is 41.6. The van der Waals surface area contributed by atoms with Crippen molar-refractivity contribution in [2.75, 3.05) is 5.32 Å². The summed E-state index contributed by atoms with van der Waals surface area (Å²) in [4.78, 5) is 20.1. The molecule has 5 rings (SSSR count). The van der Waals surface area contributed by atoms with Gasteiger partial charge in [0.1, 0.15) is 0 Å². The van der Waals surface area contributed by atoms with Crippen LogP contribution in [0.3, 0.4) is 0 Å². The summed E-state index contributed by atoms with van der Waals surface area (Å²) >= 11 is 0. The van der Waals surface area contributed by atoms with Gasteiger partial charge >= 0.3 is 12.1 Å². The number of carbonyl (C=O) groups is 1. The lowest BCUT2D eigenvalue weighted by Crippen LogP contribution is -2.08.